The summed E-state index contributed by atoms with van der Waals surface area (Å²) in [6.45, 7) is -0.0919. The summed E-state index contributed by atoms with van der Waals surface area (Å²) in [6, 6.07) is 5.80. The lowest BCUT2D eigenvalue weighted by molar-refractivity contribution is -0.141. The van der Waals surface area contributed by atoms with Gasteiger partial charge in [0.25, 0.3) is 12.3 Å². The van der Waals surface area contributed by atoms with Crippen LogP contribution in [-0.4, -0.2) is 68.7 Å². The van der Waals surface area contributed by atoms with Gasteiger partial charge < -0.3 is 5.32 Å². The Morgan fingerprint density at radius 1 is 0.925 bits per heavy atom. The number of fused-ring (bicyclic) bond motifs is 4. The van der Waals surface area contributed by atoms with E-state index in [1.807, 2.05) is 0 Å². The third-order valence-corrected chi connectivity index (χ3v) is 17.3. The van der Waals surface area contributed by atoms with Gasteiger partial charge >= 0.3 is 6.18 Å². The van der Waals surface area contributed by atoms with Crippen molar-refractivity contribution in [1.29, 1.82) is 0 Å². The number of carbonyl (C=O) groups is 1. The monoisotopic (exact) mass is 1000 g/mol. The Hall–Kier alpha value is -5.34. The van der Waals surface area contributed by atoms with E-state index >= 15 is 8.78 Å². The van der Waals surface area contributed by atoms with E-state index in [9.17, 15) is 52.4 Å². The number of nitrogens with zero attached hydrogens (tertiary/aromatic N) is 5. The Kier molecular flexibility index (Phi) is 11.3. The lowest BCUT2D eigenvalue weighted by Gasteiger charge is -2.23. The topological polar surface area (TPSA) is 158 Å². The first-order valence-electron chi connectivity index (χ1n) is 20.8. The second kappa shape index (κ2) is 16.1. The fraction of sp³-hybridized carbons (Fsp3) is 0.442. The largest absolute Gasteiger partial charge is 0.408 e. The Balaban J connectivity index is 1.22. The molecule has 3 aromatic heterocycles. The second-order valence-corrected chi connectivity index (χ2v) is 22.8. The number of alkyl halides is 7. The average molecular weight is 1000 g/mol. The molecule has 1 amide bonds. The number of rotatable bonds is 14. The zero-order valence-corrected chi connectivity index (χ0v) is 37.4. The summed E-state index contributed by atoms with van der Waals surface area (Å²) in [6.07, 6.45) is -7.42. The highest BCUT2D eigenvalue weighted by molar-refractivity contribution is 7.94. The molecule has 0 aliphatic heterocycles. The Bertz CT molecular complexity index is 3160. The van der Waals surface area contributed by atoms with Crippen LogP contribution in [0.25, 0.3) is 22.0 Å². The minimum atomic E-state index is -4.95. The highest BCUT2D eigenvalue weighted by Gasteiger charge is 2.67. The molecule has 67 heavy (non-hydrogen) atoms. The van der Waals surface area contributed by atoms with Gasteiger partial charge in [0.05, 0.1) is 38.2 Å². The first-order valence-corrected chi connectivity index (χ1v) is 24.3. The summed E-state index contributed by atoms with van der Waals surface area (Å²) in [4.78, 5) is 18.8. The molecular weight excluding hydrogens is 965 g/mol. The Morgan fingerprint density at radius 3 is 2.21 bits per heavy atom. The third-order valence-electron chi connectivity index (χ3n) is 12.2. The second-order valence-electron chi connectivity index (χ2n) is 17.7. The average Bonchev–Trinajstić information content (AvgIpc) is 4.10. The van der Waals surface area contributed by atoms with Crippen LogP contribution in [0.2, 0.25) is 5.02 Å². The number of aromatic nitrogens is 5. The fourth-order valence-corrected chi connectivity index (χ4v) is 12.1. The van der Waals surface area contributed by atoms with E-state index in [1.165, 1.54) is 38.1 Å². The molecule has 0 radical (unpaired) electrons. The zero-order valence-electron chi connectivity index (χ0n) is 35.0. The van der Waals surface area contributed by atoms with Gasteiger partial charge in [-0.3, -0.25) is 18.9 Å². The number of halogens is 10. The van der Waals surface area contributed by atoms with Crippen LogP contribution in [0.4, 0.5) is 45.3 Å². The van der Waals surface area contributed by atoms with Crippen LogP contribution in [-0.2, 0) is 50.1 Å². The van der Waals surface area contributed by atoms with Crippen LogP contribution >= 0.6 is 11.6 Å². The molecule has 0 saturated heterocycles. The third kappa shape index (κ3) is 8.84. The van der Waals surface area contributed by atoms with E-state index in [1.54, 1.807) is 0 Å². The summed E-state index contributed by atoms with van der Waals surface area (Å²) in [5.41, 5.74) is -3.37. The molecule has 0 bridgehead atoms. The maximum Gasteiger partial charge on any atom is 0.408 e. The molecular formula is C43H37ClF9N7O5S2. The number of anilines is 1. The Morgan fingerprint density at radius 2 is 1.58 bits per heavy atom. The van der Waals surface area contributed by atoms with E-state index in [-0.39, 0.29) is 68.8 Å². The number of benzene rings is 2. The molecule has 2 aromatic carbocycles. The van der Waals surface area contributed by atoms with Crippen LogP contribution in [0.5, 0.6) is 0 Å². The molecule has 3 heterocycles. The number of nitrogens with one attached hydrogen (secondary N) is 2. The number of pyridine rings is 1. The molecule has 9 rings (SSSR count). The van der Waals surface area contributed by atoms with Gasteiger partial charge in [-0.05, 0) is 100 Å². The lowest BCUT2D eigenvalue weighted by atomic mass is 9.93. The molecule has 4 aliphatic carbocycles. The molecule has 4 aliphatic rings. The minimum Gasteiger partial charge on any atom is -0.346 e. The van der Waals surface area contributed by atoms with Crippen LogP contribution in [0.1, 0.15) is 98.2 Å². The smallest absolute Gasteiger partial charge is 0.346 e. The summed E-state index contributed by atoms with van der Waals surface area (Å²) >= 11 is 6.59. The Labute approximate surface area is 381 Å². The molecule has 2 N–H and O–H groups in total. The summed E-state index contributed by atoms with van der Waals surface area (Å²) in [5.74, 6) is -4.17. The van der Waals surface area contributed by atoms with Crippen LogP contribution in [0.3, 0.4) is 0 Å². The standard InChI is InChI=1S/C43H37ClF9N7O5S2/c1-41(2,66(62,63)24-4-5-24)12-11-23-3-8-26(27-9-10-30(44)34-37(27)60(19-42(49,50)51)57-40(34)58-67(64,65)25-6-7-25)35(54-23)31(15-20-13-21(45)16-22(46)14-20)55-32(61)18-59-38-33(36(56-59)39(47)48)28-17-29(28)43(38,52)53/h3,8-10,13-14,16,24-25,28-29,31,39H,4-7,15,17-19H2,1-2H3,(H,55,61)(H,57,58)/t28?,29-,31+/m1/s1. The van der Waals surface area contributed by atoms with Crippen molar-refractivity contribution in [3.05, 3.63) is 93.0 Å². The van der Waals surface area contributed by atoms with Crippen LogP contribution in [0.15, 0.2) is 42.5 Å². The van der Waals surface area contributed by atoms with Crippen molar-refractivity contribution in [3.63, 3.8) is 0 Å². The van der Waals surface area contributed by atoms with Gasteiger partial charge in [0.15, 0.2) is 15.7 Å². The van der Waals surface area contributed by atoms with Gasteiger partial charge in [0.1, 0.15) is 46.6 Å². The van der Waals surface area contributed by atoms with Crippen molar-refractivity contribution in [2.45, 2.75) is 111 Å². The zero-order chi connectivity index (χ0) is 48.3. The fourth-order valence-electron chi connectivity index (χ4n) is 8.70. The van der Waals surface area contributed by atoms with E-state index in [2.05, 4.69) is 37.1 Å². The maximum absolute atomic E-state index is 15.5. The molecule has 1 unspecified atom stereocenters. The van der Waals surface area contributed by atoms with Gasteiger partial charge in [-0.15, -0.1) is 0 Å². The van der Waals surface area contributed by atoms with E-state index in [0.717, 1.165) is 12.1 Å². The first-order chi connectivity index (χ1) is 31.3. The first kappa shape index (κ1) is 46.8. The molecule has 356 valence electrons. The SMILES string of the molecule is CC(C)(C#Cc1ccc(-c2ccc(Cl)c3c(NS(=O)(=O)C4CC4)nn(CC(F)(F)F)c23)c([C@H](Cc2cc(F)cc(F)c2)NC(=O)Cn2nc(C(F)F)c3c2C(F)(F)[C@@H]2CC32)n1)S(=O)(=O)C1CC1. The highest BCUT2D eigenvalue weighted by atomic mass is 35.5. The number of hydrogen-bond acceptors (Lipinski definition) is 8. The van der Waals surface area contributed by atoms with Crippen molar-refractivity contribution in [1.82, 2.24) is 29.9 Å². The number of sulfonamides is 1. The number of amides is 1. The highest BCUT2D eigenvalue weighted by Crippen LogP contribution is 2.68. The van der Waals surface area contributed by atoms with Crippen molar-refractivity contribution in [2.24, 2.45) is 5.92 Å². The van der Waals surface area contributed by atoms with E-state index < -0.39 is 126 Å². The summed E-state index contributed by atoms with van der Waals surface area (Å²) in [7, 11) is -7.94. The van der Waals surface area contributed by atoms with Gasteiger partial charge in [-0.1, -0.05) is 23.6 Å². The van der Waals surface area contributed by atoms with Crippen molar-refractivity contribution >= 4 is 54.1 Å². The van der Waals surface area contributed by atoms with E-state index in [0.29, 0.717) is 28.3 Å². The van der Waals surface area contributed by atoms with Gasteiger partial charge in [-0.2, -0.15) is 32.1 Å². The quantitative estimate of drug-likeness (QED) is 0.0827. The molecule has 0 spiro atoms. The molecule has 3 saturated carbocycles. The van der Waals surface area contributed by atoms with Gasteiger partial charge in [0, 0.05) is 28.7 Å². The van der Waals surface area contributed by atoms with Gasteiger partial charge in [0.2, 0.25) is 15.9 Å². The lowest BCUT2D eigenvalue weighted by Crippen LogP contribution is -2.35. The predicted octanol–water partition coefficient (Wildman–Crippen LogP) is 8.65. The molecule has 3 atom stereocenters. The van der Waals surface area contributed by atoms with Crippen LogP contribution < -0.4 is 10.0 Å². The van der Waals surface area contributed by atoms with Crippen molar-refractivity contribution in [2.75, 3.05) is 4.72 Å². The molecule has 3 fully saturated rings. The molecule has 5 aromatic rings. The minimum absolute atomic E-state index is 0.0605. The number of hydrogen-bond donors (Lipinski definition) is 2. The molecule has 12 nitrogen and oxygen atoms in total. The predicted molar refractivity (Wildman–Crippen MR) is 225 cm³/mol. The summed E-state index contributed by atoms with van der Waals surface area (Å²) in [5, 5.41) is 8.29. The van der Waals surface area contributed by atoms with Crippen molar-refractivity contribution < 1.29 is 61.1 Å². The molecule has 24 heteroatoms. The van der Waals surface area contributed by atoms with Crippen molar-refractivity contribution in [3.8, 4) is 23.0 Å². The number of carbonyl (C=O) groups excluding carboxylic acids is 1. The maximum atomic E-state index is 15.5. The summed E-state index contributed by atoms with van der Waals surface area (Å²) < 4.78 is 186. The van der Waals surface area contributed by atoms with E-state index in [4.69, 9.17) is 11.6 Å². The van der Waals surface area contributed by atoms with Crippen LogP contribution in [0, 0.1) is 29.4 Å². The number of sulfone groups is 1. The normalized spacial score (nSPS) is 19.5. The van der Waals surface area contributed by atoms with Gasteiger partial charge in [-0.25, -0.2) is 39.4 Å².